The zero-order valence-corrected chi connectivity index (χ0v) is 29.9. The number of benzene rings is 8. The second kappa shape index (κ2) is 13.1. The third-order valence-corrected chi connectivity index (χ3v) is 18.8. The van der Waals surface area contributed by atoms with Gasteiger partial charge in [-0.25, -0.2) is 0 Å². The summed E-state index contributed by atoms with van der Waals surface area (Å²) in [5, 5.41) is 7.69. The minimum absolute atomic E-state index is 0.903. The SMILES string of the molecule is c1ccc([Si](c2ccccc2)(c2ccccc2)c2ccc3oc4ccc(S(c5ccccc5)(c5ccccc5)c5ccccc5)cc4c3c2)cc1. The van der Waals surface area contributed by atoms with Crippen molar-refractivity contribution >= 4 is 60.8 Å². The molecule has 0 aliphatic heterocycles. The highest BCUT2D eigenvalue weighted by Crippen LogP contribution is 2.73. The Labute approximate surface area is 301 Å². The average Bonchev–Trinajstić information content (AvgIpc) is 3.59. The fourth-order valence-corrected chi connectivity index (χ4v) is 16.6. The minimum atomic E-state index is -2.72. The summed E-state index contributed by atoms with van der Waals surface area (Å²) < 4.78 is 6.65. The molecule has 51 heavy (non-hydrogen) atoms. The predicted molar refractivity (Wildman–Crippen MR) is 217 cm³/mol. The maximum atomic E-state index is 6.65. The quantitative estimate of drug-likeness (QED) is 0.114. The van der Waals surface area contributed by atoms with Gasteiger partial charge in [0.25, 0.3) is 0 Å². The van der Waals surface area contributed by atoms with E-state index >= 15 is 0 Å². The van der Waals surface area contributed by atoms with Gasteiger partial charge < -0.3 is 4.42 Å². The molecule has 1 nitrogen and oxygen atoms in total. The Morgan fingerprint density at radius 1 is 0.294 bits per heavy atom. The molecule has 0 amide bonds. The molecule has 0 fully saturated rings. The van der Waals surface area contributed by atoms with E-state index in [2.05, 4.69) is 218 Å². The summed E-state index contributed by atoms with van der Waals surface area (Å²) in [5.74, 6) is 0. The monoisotopic (exact) mass is 688 g/mol. The molecule has 0 spiro atoms. The van der Waals surface area contributed by atoms with Crippen molar-refractivity contribution in [1.82, 2.24) is 0 Å². The van der Waals surface area contributed by atoms with Gasteiger partial charge in [-0.2, -0.15) is 0 Å². The van der Waals surface area contributed by atoms with Crippen LogP contribution in [0.5, 0.6) is 0 Å². The highest BCUT2D eigenvalue weighted by molar-refractivity contribution is 8.34. The molecular formula is C48H36OSSi. The maximum absolute atomic E-state index is 6.65. The predicted octanol–water partition coefficient (Wildman–Crippen LogP) is 10.3. The van der Waals surface area contributed by atoms with Gasteiger partial charge in [-0.1, -0.05) is 158 Å². The molecule has 244 valence electrons. The van der Waals surface area contributed by atoms with Gasteiger partial charge in [0.2, 0.25) is 0 Å². The van der Waals surface area contributed by atoms with Gasteiger partial charge in [-0.15, -0.1) is 10.0 Å². The van der Waals surface area contributed by atoms with Gasteiger partial charge in [0.1, 0.15) is 11.2 Å². The summed E-state index contributed by atoms with van der Waals surface area (Å²) in [5.41, 5.74) is 1.81. The fourth-order valence-electron chi connectivity index (χ4n) is 7.94. The average molecular weight is 689 g/mol. The maximum Gasteiger partial charge on any atom is 0.179 e. The van der Waals surface area contributed by atoms with Crippen LogP contribution < -0.4 is 20.7 Å². The van der Waals surface area contributed by atoms with E-state index in [9.17, 15) is 0 Å². The largest absolute Gasteiger partial charge is 0.456 e. The standard InChI is InChI=1S/C48H36OSSi/c1-7-19-37(20-8-1)50(38-21-9-2-10-22-38,39-23-11-3-12-24-39)40-31-33-47-45(35-40)46-36-44(32-34-48(46)49-47)51(41-25-13-4-14-26-41,42-27-15-5-16-28-42)43-29-17-6-18-30-43/h1-36H. The van der Waals surface area contributed by atoms with Crippen molar-refractivity contribution in [3.05, 3.63) is 218 Å². The van der Waals surface area contributed by atoms with Crippen molar-refractivity contribution in [1.29, 1.82) is 0 Å². The molecule has 9 rings (SSSR count). The van der Waals surface area contributed by atoms with Crippen LogP contribution in [0.1, 0.15) is 0 Å². The summed E-state index contributed by atoms with van der Waals surface area (Å²) in [6, 6.07) is 80.3. The number of hydrogen-bond donors (Lipinski definition) is 0. The summed E-state index contributed by atoms with van der Waals surface area (Å²) in [6.45, 7) is 0. The van der Waals surface area contributed by atoms with E-state index in [0.29, 0.717) is 0 Å². The number of hydrogen-bond acceptors (Lipinski definition) is 1. The van der Waals surface area contributed by atoms with Crippen LogP contribution in [0.4, 0.5) is 0 Å². The molecule has 0 aliphatic carbocycles. The Morgan fingerprint density at radius 2 is 0.647 bits per heavy atom. The van der Waals surface area contributed by atoms with Crippen molar-refractivity contribution in [3.63, 3.8) is 0 Å². The first-order valence-electron chi connectivity index (χ1n) is 17.4. The van der Waals surface area contributed by atoms with Crippen LogP contribution in [0.25, 0.3) is 21.9 Å². The van der Waals surface area contributed by atoms with Crippen molar-refractivity contribution in [2.75, 3.05) is 0 Å². The van der Waals surface area contributed by atoms with Crippen LogP contribution in [0.3, 0.4) is 0 Å². The minimum Gasteiger partial charge on any atom is -0.456 e. The Bertz CT molecular complexity index is 2180. The lowest BCUT2D eigenvalue weighted by Gasteiger charge is -2.42. The van der Waals surface area contributed by atoms with E-state index in [1.54, 1.807) is 0 Å². The normalized spacial score (nSPS) is 12.2. The molecule has 1 aromatic heterocycles. The molecule has 1 heterocycles. The van der Waals surface area contributed by atoms with Crippen LogP contribution in [0.15, 0.2) is 242 Å². The number of furan rings is 1. The Hall–Kier alpha value is -5.87. The molecule has 9 aromatic rings. The first kappa shape index (κ1) is 31.1. The van der Waals surface area contributed by atoms with Gasteiger partial charge in [0, 0.05) is 30.4 Å². The Kier molecular flexibility index (Phi) is 8.00. The van der Waals surface area contributed by atoms with E-state index in [4.69, 9.17) is 4.42 Å². The van der Waals surface area contributed by atoms with E-state index in [1.807, 2.05) is 0 Å². The topological polar surface area (TPSA) is 13.1 Å². The Morgan fingerprint density at radius 3 is 1.06 bits per heavy atom. The lowest BCUT2D eigenvalue weighted by atomic mass is 10.1. The van der Waals surface area contributed by atoms with Gasteiger partial charge in [0.15, 0.2) is 8.07 Å². The number of fused-ring (bicyclic) bond motifs is 3. The molecular weight excluding hydrogens is 653 g/mol. The van der Waals surface area contributed by atoms with Crippen LogP contribution >= 0.6 is 10.0 Å². The molecule has 0 atom stereocenters. The van der Waals surface area contributed by atoms with Crippen LogP contribution in [-0.4, -0.2) is 8.07 Å². The lowest BCUT2D eigenvalue weighted by molar-refractivity contribution is 0.668. The summed E-state index contributed by atoms with van der Waals surface area (Å²) in [4.78, 5) is 5.20. The summed E-state index contributed by atoms with van der Waals surface area (Å²) in [7, 11) is -4.57. The third kappa shape index (κ3) is 5.08. The highest BCUT2D eigenvalue weighted by Gasteiger charge is 2.41. The zero-order chi connectivity index (χ0) is 34.1. The van der Waals surface area contributed by atoms with E-state index in [-0.39, 0.29) is 0 Å². The van der Waals surface area contributed by atoms with Gasteiger partial charge >= 0.3 is 0 Å². The smallest absolute Gasteiger partial charge is 0.179 e. The molecule has 0 saturated heterocycles. The van der Waals surface area contributed by atoms with Crippen molar-refractivity contribution < 1.29 is 4.42 Å². The van der Waals surface area contributed by atoms with Gasteiger partial charge in [-0.3, -0.25) is 0 Å². The zero-order valence-electron chi connectivity index (χ0n) is 28.1. The van der Waals surface area contributed by atoms with Crippen LogP contribution in [0.2, 0.25) is 0 Å². The van der Waals surface area contributed by atoms with Crippen molar-refractivity contribution in [2.45, 2.75) is 19.6 Å². The van der Waals surface area contributed by atoms with E-state index < -0.39 is 18.1 Å². The van der Waals surface area contributed by atoms with E-state index in [1.165, 1.54) is 40.3 Å². The molecule has 0 saturated carbocycles. The first-order valence-corrected chi connectivity index (χ1v) is 21.0. The lowest BCUT2D eigenvalue weighted by Crippen LogP contribution is -2.74. The highest BCUT2D eigenvalue weighted by atomic mass is 32.3. The van der Waals surface area contributed by atoms with Gasteiger partial charge in [0.05, 0.1) is 0 Å². The summed E-state index contributed by atoms with van der Waals surface area (Å²) >= 11 is 0. The molecule has 0 unspecified atom stereocenters. The second-order valence-electron chi connectivity index (χ2n) is 12.9. The molecule has 0 N–H and O–H groups in total. The van der Waals surface area contributed by atoms with Crippen molar-refractivity contribution in [3.8, 4) is 0 Å². The second-order valence-corrected chi connectivity index (χ2v) is 19.8. The molecule has 0 bridgehead atoms. The van der Waals surface area contributed by atoms with Gasteiger partial charge in [-0.05, 0) is 81.4 Å². The molecule has 0 radical (unpaired) electrons. The van der Waals surface area contributed by atoms with Crippen molar-refractivity contribution in [2.24, 2.45) is 0 Å². The third-order valence-electron chi connectivity index (χ3n) is 10.1. The molecule has 0 aliphatic rings. The molecule has 8 aromatic carbocycles. The molecule has 3 heteroatoms. The fraction of sp³-hybridized carbons (Fsp3) is 0. The number of rotatable bonds is 8. The Balaban J connectivity index is 1.36. The van der Waals surface area contributed by atoms with Crippen LogP contribution in [0, 0.1) is 0 Å². The summed E-state index contributed by atoms with van der Waals surface area (Å²) in [6.07, 6.45) is 0. The van der Waals surface area contributed by atoms with E-state index in [0.717, 1.165) is 21.9 Å². The first-order chi connectivity index (χ1) is 25.3. The van der Waals surface area contributed by atoms with Crippen LogP contribution in [-0.2, 0) is 0 Å².